The second kappa shape index (κ2) is 6.78. The largest absolute Gasteiger partial charge is 0.275 e. The van der Waals surface area contributed by atoms with Crippen LogP contribution in [0.2, 0.25) is 10.6 Å². The molecule has 0 nitrogen and oxygen atoms in total. The van der Waals surface area contributed by atoms with Crippen LogP contribution in [0.15, 0.2) is 30.3 Å². The summed E-state index contributed by atoms with van der Waals surface area (Å²) in [6.45, 7) is 14.5. The van der Waals surface area contributed by atoms with E-state index in [0.29, 0.717) is 4.28 Å². The van der Waals surface area contributed by atoms with Crippen LogP contribution in [0.1, 0.15) is 47.1 Å². The highest BCUT2D eigenvalue weighted by molar-refractivity contribution is 6.62. The van der Waals surface area contributed by atoms with E-state index >= 15 is 0 Å². The summed E-state index contributed by atoms with van der Waals surface area (Å²) in [5.41, 5.74) is 1.54. The average Bonchev–Trinajstić information content (AvgIpc) is 2.28. The summed E-state index contributed by atoms with van der Waals surface area (Å²) in [4.78, 5) is 0. The van der Waals surface area contributed by atoms with E-state index in [4.69, 9.17) is 0 Å². The minimum Gasteiger partial charge on any atom is -0.0909 e. The van der Waals surface area contributed by atoms with Crippen LogP contribution in [0.5, 0.6) is 0 Å². The summed E-state index contributed by atoms with van der Waals surface area (Å²) in [6, 6.07) is 11.1. The molecule has 0 unspecified atom stereocenters. The maximum atomic E-state index is 2.48. The van der Waals surface area contributed by atoms with Gasteiger partial charge in [-0.05, 0) is 0 Å². The quantitative estimate of drug-likeness (QED) is 0.608. The Bertz CT molecular complexity index is 328. The predicted octanol–water partition coefficient (Wildman–Crippen LogP) is 5.31. The average molecular weight is 260 g/mol. The zero-order valence-corrected chi connectivity index (χ0v) is 14.2. The molecule has 0 spiro atoms. The molecule has 0 saturated heterocycles. The van der Waals surface area contributed by atoms with Gasteiger partial charge in [0, 0.05) is 0 Å². The van der Waals surface area contributed by atoms with Crippen molar-refractivity contribution < 1.29 is 0 Å². The number of hydrogen-bond acceptors (Lipinski definition) is 0. The first kappa shape index (κ1) is 15.8. The highest BCUT2D eigenvalue weighted by atomic mass is 27.2. The lowest BCUT2D eigenvalue weighted by Crippen LogP contribution is -2.39. The van der Waals surface area contributed by atoms with Crippen LogP contribution in [0, 0.1) is 11.8 Å². The van der Waals surface area contributed by atoms with Gasteiger partial charge < -0.3 is 0 Å². The molecule has 1 aromatic rings. The Morgan fingerprint density at radius 2 is 1.33 bits per heavy atom. The molecule has 1 heteroatoms. The van der Waals surface area contributed by atoms with Crippen molar-refractivity contribution >= 4 is 14.1 Å². The van der Waals surface area contributed by atoms with Gasteiger partial charge in [0.2, 0.25) is 0 Å². The molecule has 0 aliphatic carbocycles. The van der Waals surface area contributed by atoms with E-state index in [1.165, 1.54) is 10.6 Å². The number of rotatable bonds is 6. The number of benzene rings is 1. The third-order valence-electron chi connectivity index (χ3n) is 4.05. The van der Waals surface area contributed by atoms with Crippen molar-refractivity contribution in [1.29, 1.82) is 0 Å². The van der Waals surface area contributed by atoms with Gasteiger partial charge in [0.25, 0.3) is 14.1 Å². The molecule has 0 aliphatic rings. The second-order valence-corrected chi connectivity index (χ2v) is 10.8. The van der Waals surface area contributed by atoms with E-state index in [2.05, 4.69) is 71.9 Å². The minimum absolute atomic E-state index is 0.412. The Hall–Kier alpha value is -0.248. The van der Waals surface area contributed by atoms with E-state index in [1.54, 1.807) is 5.56 Å². The van der Waals surface area contributed by atoms with Gasteiger partial charge in [-0.3, -0.25) is 0 Å². The lowest BCUT2D eigenvalue weighted by Gasteiger charge is -2.34. The second-order valence-electron chi connectivity index (χ2n) is 7.04. The van der Waals surface area contributed by atoms with Gasteiger partial charge >= 0.3 is 0 Å². The first-order valence-corrected chi connectivity index (χ1v) is 9.60. The van der Waals surface area contributed by atoms with E-state index < -0.39 is 14.1 Å². The van der Waals surface area contributed by atoms with Crippen molar-refractivity contribution in [3.8, 4) is 0 Å². The summed E-state index contributed by atoms with van der Waals surface area (Å²) < 4.78 is 0.412. The van der Waals surface area contributed by atoms with Crippen LogP contribution in [0.3, 0.4) is 0 Å². The maximum absolute atomic E-state index is 2.48. The van der Waals surface area contributed by atoms with E-state index in [9.17, 15) is 0 Å². The van der Waals surface area contributed by atoms with Gasteiger partial charge in [-0.15, -0.1) is 0 Å². The molecule has 0 heterocycles. The van der Waals surface area contributed by atoms with Crippen molar-refractivity contribution in [3.63, 3.8) is 0 Å². The lowest BCUT2D eigenvalue weighted by molar-refractivity contribution is 0.633. The highest BCUT2D eigenvalue weighted by Gasteiger charge is 2.36. The van der Waals surface area contributed by atoms with Crippen molar-refractivity contribution in [2.45, 2.75) is 56.4 Å². The van der Waals surface area contributed by atoms with E-state index in [1.807, 2.05) is 0 Å². The van der Waals surface area contributed by atoms with Crippen molar-refractivity contribution in [3.05, 3.63) is 35.9 Å². The van der Waals surface area contributed by atoms with E-state index in [0.717, 1.165) is 11.8 Å². The third kappa shape index (κ3) is 4.45. The summed E-state index contributed by atoms with van der Waals surface area (Å²) in [5.74, 6) is 1.67. The molecule has 0 saturated carbocycles. The topological polar surface area (TPSA) is 0 Å². The monoisotopic (exact) mass is 260 g/mol. The van der Waals surface area contributed by atoms with Crippen LogP contribution in [0.4, 0.5) is 0 Å². The Balaban J connectivity index is 2.95. The maximum Gasteiger partial charge on any atom is 0.275 e. The molecule has 1 rings (SSSR count). The first-order chi connectivity index (χ1) is 8.34. The third-order valence-corrected chi connectivity index (χ3v) is 9.45. The predicted molar refractivity (Wildman–Crippen MR) is 84.5 cm³/mol. The van der Waals surface area contributed by atoms with Gasteiger partial charge in [0.05, 0.1) is 0 Å². The summed E-state index contributed by atoms with van der Waals surface area (Å²) in [6.07, 6.45) is 0. The standard InChI is InChI=1S/C9H11.2C4H9.Al/c1-8(2)9-6-4-3-5-7-9;2*1-4(2)3;/h3-7H,1-2H3;2*4H,1H2,2-3H3;. The Morgan fingerprint density at radius 1 is 0.889 bits per heavy atom. The molecule has 100 valence electrons. The first-order valence-electron chi connectivity index (χ1n) is 7.39. The fourth-order valence-corrected chi connectivity index (χ4v) is 7.24. The molecule has 1 aromatic carbocycles. The van der Waals surface area contributed by atoms with Crippen LogP contribution >= 0.6 is 0 Å². The zero-order valence-electron chi connectivity index (χ0n) is 13.0. The van der Waals surface area contributed by atoms with Crippen LogP contribution in [-0.2, 0) is 4.28 Å². The molecule has 0 radical (unpaired) electrons. The molecular weight excluding hydrogens is 231 g/mol. The summed E-state index contributed by atoms with van der Waals surface area (Å²) in [7, 11) is 0. The van der Waals surface area contributed by atoms with Crippen molar-refractivity contribution in [2.75, 3.05) is 0 Å². The molecule has 18 heavy (non-hydrogen) atoms. The van der Waals surface area contributed by atoms with Crippen LogP contribution in [-0.4, -0.2) is 14.1 Å². The van der Waals surface area contributed by atoms with Crippen LogP contribution < -0.4 is 0 Å². The summed E-state index contributed by atoms with van der Waals surface area (Å²) >= 11 is -0.785. The number of hydrogen-bond donors (Lipinski definition) is 0. The molecule has 0 aliphatic heterocycles. The molecule has 0 bridgehead atoms. The molecule has 0 fully saturated rings. The Kier molecular flexibility index (Phi) is 5.96. The highest BCUT2D eigenvalue weighted by Crippen LogP contribution is 2.33. The summed E-state index contributed by atoms with van der Waals surface area (Å²) in [5, 5.41) is 2.92. The lowest BCUT2D eigenvalue weighted by atomic mass is 10.0. The zero-order chi connectivity index (χ0) is 13.8. The van der Waals surface area contributed by atoms with Crippen molar-refractivity contribution in [2.24, 2.45) is 11.8 Å². The Labute approximate surface area is 118 Å². The molecular formula is C17H29Al. The molecule has 0 atom stereocenters. The molecule has 0 N–H and O–H groups in total. The van der Waals surface area contributed by atoms with Crippen molar-refractivity contribution in [1.82, 2.24) is 0 Å². The minimum atomic E-state index is -0.785. The smallest absolute Gasteiger partial charge is 0.0909 e. The van der Waals surface area contributed by atoms with Gasteiger partial charge in [-0.25, -0.2) is 0 Å². The van der Waals surface area contributed by atoms with Crippen LogP contribution in [0.25, 0.3) is 0 Å². The van der Waals surface area contributed by atoms with Gasteiger partial charge in [-0.2, -0.15) is 0 Å². The molecule has 0 amide bonds. The van der Waals surface area contributed by atoms with Gasteiger partial charge in [0.1, 0.15) is 0 Å². The molecule has 0 aromatic heterocycles. The SMILES string of the molecule is CC(C)[CH2][Al]([CH2]C(C)C)[C](C)(C)c1ccccc1. The fourth-order valence-electron chi connectivity index (χ4n) is 2.93. The van der Waals surface area contributed by atoms with Gasteiger partial charge in [0.15, 0.2) is 0 Å². The fraction of sp³-hybridized carbons (Fsp3) is 0.647. The normalized spacial score (nSPS) is 12.2. The van der Waals surface area contributed by atoms with E-state index in [-0.39, 0.29) is 0 Å². The van der Waals surface area contributed by atoms with Gasteiger partial charge in [-0.1, -0.05) is 104 Å². The Morgan fingerprint density at radius 3 is 1.72 bits per heavy atom.